The fourth-order valence-electron chi connectivity index (χ4n) is 1.70. The molecule has 118 valence electrons. The molecule has 1 N–H and O–H groups in total. The minimum absolute atomic E-state index is 0.0203. The normalized spacial score (nSPS) is 11.2. The van der Waals surface area contributed by atoms with Gasteiger partial charge < -0.3 is 9.50 Å². The third kappa shape index (κ3) is 4.43. The van der Waals surface area contributed by atoms with Crippen molar-refractivity contribution in [3.05, 3.63) is 41.2 Å². The summed E-state index contributed by atoms with van der Waals surface area (Å²) in [5, 5.41) is 6.89. The lowest BCUT2D eigenvalue weighted by Crippen LogP contribution is -2.16. The number of benzene rings is 1. The summed E-state index contributed by atoms with van der Waals surface area (Å²) in [5.41, 5.74) is 0.953. The average molecular weight is 348 g/mol. The van der Waals surface area contributed by atoms with Crippen LogP contribution in [0.5, 0.6) is 5.75 Å². The highest BCUT2D eigenvalue weighted by molar-refractivity contribution is 7.81. The number of nitrogens with zero attached hydrogens (tertiary/aromatic N) is 2. The van der Waals surface area contributed by atoms with Crippen molar-refractivity contribution in [2.24, 2.45) is 7.05 Å². The molecular formula is C12H11ClFN3O4S. The Hall–Kier alpha value is -2.13. The molecule has 2 rings (SSSR count). The van der Waals surface area contributed by atoms with Crippen molar-refractivity contribution in [1.29, 1.82) is 0 Å². The number of carbonyl (C=O) groups excluding carboxylic acids is 1. The van der Waals surface area contributed by atoms with Gasteiger partial charge in [0, 0.05) is 12.7 Å². The van der Waals surface area contributed by atoms with Gasteiger partial charge in [0.15, 0.2) is 0 Å². The molecule has 1 amide bonds. The summed E-state index contributed by atoms with van der Waals surface area (Å²) in [5.74, 6) is -0.535. The summed E-state index contributed by atoms with van der Waals surface area (Å²) in [4.78, 5) is 11.9. The number of halogens is 2. The van der Waals surface area contributed by atoms with Crippen LogP contribution in [-0.4, -0.2) is 24.1 Å². The lowest BCUT2D eigenvalue weighted by Gasteiger charge is -2.07. The van der Waals surface area contributed by atoms with Crippen LogP contribution in [-0.2, 0) is 28.8 Å². The maximum absolute atomic E-state index is 12.3. The third-order valence-electron chi connectivity index (χ3n) is 2.67. The van der Waals surface area contributed by atoms with Crippen LogP contribution < -0.4 is 9.50 Å². The van der Waals surface area contributed by atoms with Crippen LogP contribution >= 0.6 is 11.6 Å². The van der Waals surface area contributed by atoms with Gasteiger partial charge in [-0.05, 0) is 24.3 Å². The van der Waals surface area contributed by atoms with Gasteiger partial charge in [-0.1, -0.05) is 15.5 Å². The van der Waals surface area contributed by atoms with E-state index in [9.17, 15) is 17.1 Å². The van der Waals surface area contributed by atoms with Crippen molar-refractivity contribution in [3.8, 4) is 5.75 Å². The van der Waals surface area contributed by atoms with Gasteiger partial charge in [-0.3, -0.25) is 9.48 Å². The van der Waals surface area contributed by atoms with Crippen LogP contribution in [0.15, 0.2) is 30.5 Å². The number of hydrogen-bond donors (Lipinski definition) is 1. The van der Waals surface area contributed by atoms with Crippen molar-refractivity contribution in [2.75, 3.05) is 5.32 Å². The summed E-state index contributed by atoms with van der Waals surface area (Å²) in [6.45, 7) is 0. The molecule has 1 aromatic carbocycles. The Balaban J connectivity index is 2.00. The maximum atomic E-state index is 12.3. The van der Waals surface area contributed by atoms with Crippen molar-refractivity contribution in [2.45, 2.75) is 6.42 Å². The van der Waals surface area contributed by atoms with E-state index in [1.54, 1.807) is 7.05 Å². The highest BCUT2D eigenvalue weighted by atomic mass is 35.5. The zero-order valence-corrected chi connectivity index (χ0v) is 12.9. The Bertz CT molecular complexity index is 770. The number of rotatable bonds is 5. The number of amides is 1. The van der Waals surface area contributed by atoms with E-state index in [-0.39, 0.29) is 18.1 Å². The van der Waals surface area contributed by atoms with Gasteiger partial charge in [0.25, 0.3) is 0 Å². The van der Waals surface area contributed by atoms with Crippen LogP contribution in [0.4, 0.5) is 9.57 Å². The van der Waals surface area contributed by atoms with E-state index in [2.05, 4.69) is 14.6 Å². The number of anilines is 1. The first kappa shape index (κ1) is 16.2. The second-order valence-electron chi connectivity index (χ2n) is 4.29. The Kier molecular flexibility index (Phi) is 4.67. The second-order valence-corrected chi connectivity index (χ2v) is 5.65. The lowest BCUT2D eigenvalue weighted by molar-refractivity contribution is -0.115. The average Bonchev–Trinajstić information content (AvgIpc) is 2.71. The lowest BCUT2D eigenvalue weighted by atomic mass is 10.2. The first-order chi connectivity index (χ1) is 10.2. The van der Waals surface area contributed by atoms with Crippen molar-refractivity contribution in [1.82, 2.24) is 9.78 Å². The Morgan fingerprint density at radius 2 is 2.05 bits per heavy atom. The largest absolute Gasteiger partial charge is 0.488 e. The standard InChI is InChI=1S/C12H11ClFN3O4S/c1-17-11(10(13)7-15-17)6-12(18)16-8-2-4-9(5-3-8)21-22(14,19)20/h2-5,7H,6H2,1H3,(H,16,18). The molecule has 1 aromatic heterocycles. The van der Waals surface area contributed by atoms with Crippen LogP contribution in [0.1, 0.15) is 5.69 Å². The molecule has 0 saturated heterocycles. The van der Waals surface area contributed by atoms with E-state index in [4.69, 9.17) is 11.6 Å². The quantitative estimate of drug-likeness (QED) is 0.833. The monoisotopic (exact) mass is 347 g/mol. The number of nitrogens with one attached hydrogen (secondary N) is 1. The summed E-state index contributed by atoms with van der Waals surface area (Å²) in [7, 11) is -3.40. The van der Waals surface area contributed by atoms with Gasteiger partial charge in [0.05, 0.1) is 23.3 Å². The van der Waals surface area contributed by atoms with Gasteiger partial charge in [-0.25, -0.2) is 0 Å². The minimum atomic E-state index is -5.07. The number of aromatic nitrogens is 2. The van der Waals surface area contributed by atoms with Crippen LogP contribution in [0.3, 0.4) is 0 Å². The molecule has 22 heavy (non-hydrogen) atoms. The molecule has 0 saturated carbocycles. The summed E-state index contributed by atoms with van der Waals surface area (Å²) < 4.78 is 38.5. The van der Waals surface area contributed by atoms with Crippen LogP contribution in [0, 0.1) is 0 Å². The molecule has 0 fully saturated rings. The van der Waals surface area contributed by atoms with E-state index in [0.717, 1.165) is 0 Å². The molecule has 0 aliphatic rings. The fraction of sp³-hybridized carbons (Fsp3) is 0.167. The van der Waals surface area contributed by atoms with Crippen LogP contribution in [0.25, 0.3) is 0 Å². The molecule has 10 heteroatoms. The highest BCUT2D eigenvalue weighted by Gasteiger charge is 2.13. The minimum Gasteiger partial charge on any atom is -0.358 e. The third-order valence-corrected chi connectivity index (χ3v) is 3.38. The molecular weight excluding hydrogens is 337 g/mol. The Labute approximate surface area is 131 Å². The molecule has 0 atom stereocenters. The Morgan fingerprint density at radius 3 is 2.55 bits per heavy atom. The summed E-state index contributed by atoms with van der Waals surface area (Å²) in [6.07, 6.45) is 1.46. The van der Waals surface area contributed by atoms with Gasteiger partial charge in [0.2, 0.25) is 5.91 Å². The molecule has 0 aliphatic carbocycles. The predicted octanol–water partition coefficient (Wildman–Crippen LogP) is 1.85. The van der Waals surface area contributed by atoms with E-state index < -0.39 is 10.5 Å². The van der Waals surface area contributed by atoms with Gasteiger partial charge in [-0.2, -0.15) is 13.5 Å². The number of carbonyl (C=O) groups is 1. The van der Waals surface area contributed by atoms with Crippen molar-refractivity contribution < 1.29 is 21.3 Å². The maximum Gasteiger partial charge on any atom is 0.488 e. The van der Waals surface area contributed by atoms with Crippen LogP contribution in [0.2, 0.25) is 5.02 Å². The first-order valence-electron chi connectivity index (χ1n) is 5.95. The SMILES string of the molecule is Cn1ncc(Cl)c1CC(=O)Nc1ccc(OS(=O)(=O)F)cc1. The highest BCUT2D eigenvalue weighted by Crippen LogP contribution is 2.19. The molecule has 0 unspecified atom stereocenters. The number of hydrogen-bond acceptors (Lipinski definition) is 5. The van der Waals surface area contributed by atoms with E-state index in [1.165, 1.54) is 35.1 Å². The Morgan fingerprint density at radius 1 is 1.41 bits per heavy atom. The topological polar surface area (TPSA) is 90.3 Å². The van der Waals surface area contributed by atoms with Crippen molar-refractivity contribution >= 4 is 33.7 Å². The first-order valence-corrected chi connectivity index (χ1v) is 7.63. The molecule has 0 spiro atoms. The fourth-order valence-corrected chi connectivity index (χ4v) is 2.27. The summed E-state index contributed by atoms with van der Waals surface area (Å²) in [6, 6.07) is 5.18. The molecule has 7 nitrogen and oxygen atoms in total. The predicted molar refractivity (Wildman–Crippen MR) is 77.6 cm³/mol. The smallest absolute Gasteiger partial charge is 0.358 e. The van der Waals surface area contributed by atoms with E-state index in [0.29, 0.717) is 16.4 Å². The van der Waals surface area contributed by atoms with E-state index in [1.807, 2.05) is 0 Å². The molecule has 0 bridgehead atoms. The zero-order chi connectivity index (χ0) is 16.3. The van der Waals surface area contributed by atoms with E-state index >= 15 is 0 Å². The molecule has 1 heterocycles. The zero-order valence-electron chi connectivity index (χ0n) is 11.3. The van der Waals surface area contributed by atoms with Gasteiger partial charge >= 0.3 is 10.5 Å². The van der Waals surface area contributed by atoms with Gasteiger partial charge in [0.1, 0.15) is 5.75 Å². The van der Waals surface area contributed by atoms with Gasteiger partial charge in [-0.15, -0.1) is 0 Å². The molecule has 2 aromatic rings. The summed E-state index contributed by atoms with van der Waals surface area (Å²) >= 11 is 5.90. The molecule has 0 radical (unpaired) electrons. The number of aryl methyl sites for hydroxylation is 1. The molecule has 0 aliphatic heterocycles. The van der Waals surface area contributed by atoms with Crippen molar-refractivity contribution in [3.63, 3.8) is 0 Å². The second kappa shape index (κ2) is 6.32.